The molecule has 26 heavy (non-hydrogen) atoms. The molecule has 0 aromatic carbocycles. The van der Waals surface area contributed by atoms with Gasteiger partial charge in [0.15, 0.2) is 0 Å². The molecule has 2 aliphatic rings. The first-order valence-electron chi connectivity index (χ1n) is 9.37. The van der Waals surface area contributed by atoms with Gasteiger partial charge in [-0.15, -0.1) is 21.5 Å². The van der Waals surface area contributed by atoms with Crippen LogP contribution in [0.2, 0.25) is 0 Å². The SMILES string of the molecule is O=C(CN1CCN(Cc2nnc(-c3cccs3)o2)CC1)N1CCCCC1. The number of likely N-dealkylation sites (tertiary alicyclic amines) is 1. The highest BCUT2D eigenvalue weighted by Crippen LogP contribution is 2.23. The molecular weight excluding hydrogens is 350 g/mol. The standard InChI is InChI=1S/C18H25N5O2S/c24-17(23-6-2-1-3-7-23)14-22-10-8-21(9-11-22)13-16-19-20-18(25-16)15-5-4-12-26-15/h4-5,12H,1-3,6-11,13-14H2. The largest absolute Gasteiger partial charge is 0.419 e. The maximum Gasteiger partial charge on any atom is 0.257 e. The number of piperidine rings is 1. The zero-order valence-electron chi connectivity index (χ0n) is 15.0. The number of rotatable bonds is 5. The third-order valence-corrected chi connectivity index (χ3v) is 5.95. The molecule has 0 unspecified atom stereocenters. The Labute approximate surface area is 157 Å². The molecule has 0 bridgehead atoms. The topological polar surface area (TPSA) is 65.7 Å². The van der Waals surface area contributed by atoms with Crippen molar-refractivity contribution in [2.24, 2.45) is 0 Å². The molecule has 2 saturated heterocycles. The summed E-state index contributed by atoms with van der Waals surface area (Å²) < 4.78 is 5.77. The van der Waals surface area contributed by atoms with E-state index in [1.807, 2.05) is 22.4 Å². The molecular formula is C18H25N5O2S. The lowest BCUT2D eigenvalue weighted by Gasteiger charge is -2.35. The summed E-state index contributed by atoms with van der Waals surface area (Å²) in [6, 6.07) is 3.97. The summed E-state index contributed by atoms with van der Waals surface area (Å²) >= 11 is 1.60. The number of aromatic nitrogens is 2. The van der Waals surface area contributed by atoms with Crippen molar-refractivity contribution in [2.75, 3.05) is 45.8 Å². The van der Waals surface area contributed by atoms with Gasteiger partial charge in [-0.05, 0) is 30.7 Å². The lowest BCUT2D eigenvalue weighted by molar-refractivity contribution is -0.133. The number of thiophene rings is 1. The van der Waals surface area contributed by atoms with Gasteiger partial charge in [0, 0.05) is 39.3 Å². The molecule has 1 amide bonds. The van der Waals surface area contributed by atoms with Gasteiger partial charge in [-0.25, -0.2) is 0 Å². The zero-order chi connectivity index (χ0) is 17.8. The molecule has 8 heteroatoms. The van der Waals surface area contributed by atoms with Crippen LogP contribution in [0.1, 0.15) is 25.2 Å². The summed E-state index contributed by atoms with van der Waals surface area (Å²) in [5, 5.41) is 10.3. The third kappa shape index (κ3) is 4.31. The molecule has 0 atom stereocenters. The number of nitrogens with zero attached hydrogens (tertiary/aromatic N) is 5. The van der Waals surface area contributed by atoms with Gasteiger partial charge in [-0.2, -0.15) is 0 Å². The second-order valence-corrected chi connectivity index (χ2v) is 7.92. The van der Waals surface area contributed by atoms with Crippen LogP contribution in [0, 0.1) is 0 Å². The molecule has 0 saturated carbocycles. The Balaban J connectivity index is 1.23. The monoisotopic (exact) mass is 375 g/mol. The quantitative estimate of drug-likeness (QED) is 0.796. The minimum absolute atomic E-state index is 0.288. The second kappa shape index (κ2) is 8.28. The smallest absolute Gasteiger partial charge is 0.257 e. The number of carbonyl (C=O) groups excluding carboxylic acids is 1. The van der Waals surface area contributed by atoms with Gasteiger partial charge in [0.05, 0.1) is 18.0 Å². The van der Waals surface area contributed by atoms with E-state index >= 15 is 0 Å². The fourth-order valence-corrected chi connectivity index (χ4v) is 4.19. The van der Waals surface area contributed by atoms with E-state index in [9.17, 15) is 4.79 Å². The number of carbonyl (C=O) groups is 1. The van der Waals surface area contributed by atoms with Crippen molar-refractivity contribution < 1.29 is 9.21 Å². The van der Waals surface area contributed by atoms with Crippen LogP contribution in [-0.4, -0.2) is 76.6 Å². The summed E-state index contributed by atoms with van der Waals surface area (Å²) in [4.78, 5) is 20.0. The summed E-state index contributed by atoms with van der Waals surface area (Å²) in [5.74, 6) is 1.54. The Kier molecular flexibility index (Phi) is 5.62. The molecule has 2 aromatic heterocycles. The lowest BCUT2D eigenvalue weighted by atomic mass is 10.1. The molecule has 2 aliphatic heterocycles. The lowest BCUT2D eigenvalue weighted by Crippen LogP contribution is -2.50. The molecule has 0 spiro atoms. The van der Waals surface area contributed by atoms with Crippen LogP contribution in [-0.2, 0) is 11.3 Å². The molecule has 2 aromatic rings. The average Bonchev–Trinajstić information content (AvgIpc) is 3.36. The molecule has 0 aliphatic carbocycles. The van der Waals surface area contributed by atoms with E-state index in [1.165, 1.54) is 6.42 Å². The highest BCUT2D eigenvalue weighted by atomic mass is 32.1. The number of amides is 1. The number of hydrogen-bond donors (Lipinski definition) is 0. The van der Waals surface area contributed by atoms with Crippen molar-refractivity contribution in [3.05, 3.63) is 23.4 Å². The Morgan fingerprint density at radius 2 is 1.81 bits per heavy atom. The first-order chi connectivity index (χ1) is 12.8. The van der Waals surface area contributed by atoms with Crippen molar-refractivity contribution in [3.8, 4) is 10.8 Å². The molecule has 7 nitrogen and oxygen atoms in total. The van der Waals surface area contributed by atoms with Crippen molar-refractivity contribution in [3.63, 3.8) is 0 Å². The van der Waals surface area contributed by atoms with Crippen LogP contribution in [0.25, 0.3) is 10.8 Å². The molecule has 4 rings (SSSR count). The van der Waals surface area contributed by atoms with Gasteiger partial charge in [-0.3, -0.25) is 14.6 Å². The Morgan fingerprint density at radius 1 is 1.04 bits per heavy atom. The summed E-state index contributed by atoms with van der Waals surface area (Å²) in [7, 11) is 0. The van der Waals surface area contributed by atoms with E-state index in [2.05, 4.69) is 20.0 Å². The van der Waals surface area contributed by atoms with Crippen LogP contribution >= 0.6 is 11.3 Å². The van der Waals surface area contributed by atoms with Gasteiger partial charge >= 0.3 is 0 Å². The van der Waals surface area contributed by atoms with Crippen LogP contribution in [0.5, 0.6) is 0 Å². The summed E-state index contributed by atoms with van der Waals surface area (Å²) in [6.45, 7) is 6.75. The summed E-state index contributed by atoms with van der Waals surface area (Å²) in [6.07, 6.45) is 3.56. The van der Waals surface area contributed by atoms with Gasteiger partial charge in [-0.1, -0.05) is 6.07 Å². The first-order valence-corrected chi connectivity index (χ1v) is 10.2. The maximum absolute atomic E-state index is 12.4. The predicted octanol–water partition coefficient (Wildman–Crippen LogP) is 1.93. The number of piperazine rings is 1. The molecule has 140 valence electrons. The van der Waals surface area contributed by atoms with E-state index in [-0.39, 0.29) is 5.91 Å². The zero-order valence-corrected chi connectivity index (χ0v) is 15.8. The maximum atomic E-state index is 12.4. The highest BCUT2D eigenvalue weighted by Gasteiger charge is 2.23. The van der Waals surface area contributed by atoms with Gasteiger partial charge in [0.2, 0.25) is 11.8 Å². The molecule has 0 radical (unpaired) electrons. The van der Waals surface area contributed by atoms with Crippen LogP contribution < -0.4 is 0 Å². The van der Waals surface area contributed by atoms with E-state index in [4.69, 9.17) is 4.42 Å². The highest BCUT2D eigenvalue weighted by molar-refractivity contribution is 7.13. The van der Waals surface area contributed by atoms with E-state index < -0.39 is 0 Å². The fourth-order valence-electron chi connectivity index (χ4n) is 3.55. The second-order valence-electron chi connectivity index (χ2n) is 6.97. The van der Waals surface area contributed by atoms with Gasteiger partial charge < -0.3 is 9.32 Å². The van der Waals surface area contributed by atoms with Crippen molar-refractivity contribution in [1.29, 1.82) is 0 Å². The normalized spacial score (nSPS) is 19.8. The minimum Gasteiger partial charge on any atom is -0.419 e. The predicted molar refractivity (Wildman–Crippen MR) is 99.8 cm³/mol. The fraction of sp³-hybridized carbons (Fsp3) is 0.611. The van der Waals surface area contributed by atoms with Crippen molar-refractivity contribution in [2.45, 2.75) is 25.8 Å². The summed E-state index contributed by atoms with van der Waals surface area (Å²) in [5.41, 5.74) is 0. The van der Waals surface area contributed by atoms with Crippen LogP contribution in [0.3, 0.4) is 0 Å². The molecule has 2 fully saturated rings. The Hall–Kier alpha value is -1.77. The Bertz CT molecular complexity index is 703. The Morgan fingerprint density at radius 3 is 2.54 bits per heavy atom. The van der Waals surface area contributed by atoms with Crippen molar-refractivity contribution in [1.82, 2.24) is 24.9 Å². The minimum atomic E-state index is 0.288. The number of hydrogen-bond acceptors (Lipinski definition) is 7. The molecule has 4 heterocycles. The molecule has 0 N–H and O–H groups in total. The van der Waals surface area contributed by atoms with Gasteiger partial charge in [0.1, 0.15) is 0 Å². The van der Waals surface area contributed by atoms with Crippen LogP contribution in [0.4, 0.5) is 0 Å². The third-order valence-electron chi connectivity index (χ3n) is 5.09. The van der Waals surface area contributed by atoms with Crippen LogP contribution in [0.15, 0.2) is 21.9 Å². The van der Waals surface area contributed by atoms with Gasteiger partial charge in [0.25, 0.3) is 5.89 Å². The van der Waals surface area contributed by atoms with E-state index in [0.717, 1.165) is 57.0 Å². The first kappa shape index (κ1) is 17.6. The van der Waals surface area contributed by atoms with Crippen molar-refractivity contribution >= 4 is 17.2 Å². The van der Waals surface area contributed by atoms with E-state index in [0.29, 0.717) is 24.9 Å². The average molecular weight is 375 g/mol. The van der Waals surface area contributed by atoms with E-state index in [1.54, 1.807) is 11.3 Å².